The summed E-state index contributed by atoms with van der Waals surface area (Å²) in [6.07, 6.45) is 3.11. The molecule has 1 N–H and O–H groups in total. The molecule has 0 aliphatic heterocycles. The Bertz CT molecular complexity index is 563. The average Bonchev–Trinajstić information content (AvgIpc) is 2.94. The van der Waals surface area contributed by atoms with Gasteiger partial charge in [0, 0.05) is 13.0 Å². The van der Waals surface area contributed by atoms with E-state index in [2.05, 4.69) is 35.1 Å². The molecule has 0 saturated carbocycles. The lowest BCUT2D eigenvalue weighted by Crippen LogP contribution is -2.38. The molecule has 0 saturated heterocycles. The topological polar surface area (TPSA) is 45.2 Å². The summed E-state index contributed by atoms with van der Waals surface area (Å²) in [5, 5.41) is 4.09. The summed E-state index contributed by atoms with van der Waals surface area (Å²) >= 11 is 1.71. The third-order valence-corrected chi connectivity index (χ3v) is 4.74. The molecule has 0 aliphatic carbocycles. The molecule has 120 valence electrons. The standard InChI is InChI=1S/C17H25N3OS/c1-3-5-12-20(4-2)13-16(21)18-11-10-17-19-14-8-6-7-9-15(14)22-17/h6-9H,3-5,10-13H2,1-2H3,(H,18,21). The van der Waals surface area contributed by atoms with E-state index in [9.17, 15) is 4.79 Å². The number of benzene rings is 1. The van der Waals surface area contributed by atoms with Crippen LogP contribution in [0, 0.1) is 0 Å². The van der Waals surface area contributed by atoms with E-state index in [-0.39, 0.29) is 5.91 Å². The summed E-state index contributed by atoms with van der Waals surface area (Å²) in [7, 11) is 0. The maximum absolute atomic E-state index is 12.0. The van der Waals surface area contributed by atoms with Crippen molar-refractivity contribution in [3.05, 3.63) is 29.3 Å². The van der Waals surface area contributed by atoms with E-state index in [0.29, 0.717) is 13.1 Å². The Morgan fingerprint density at radius 3 is 2.86 bits per heavy atom. The van der Waals surface area contributed by atoms with Crippen molar-refractivity contribution < 1.29 is 4.79 Å². The van der Waals surface area contributed by atoms with Crippen LogP contribution in [-0.2, 0) is 11.2 Å². The van der Waals surface area contributed by atoms with Gasteiger partial charge in [0.05, 0.1) is 21.8 Å². The summed E-state index contributed by atoms with van der Waals surface area (Å²) in [4.78, 5) is 18.7. The number of carbonyl (C=O) groups is 1. The fourth-order valence-corrected chi connectivity index (χ4v) is 3.29. The fraction of sp³-hybridized carbons (Fsp3) is 0.529. The molecule has 1 heterocycles. The maximum Gasteiger partial charge on any atom is 0.234 e. The number of carbonyl (C=O) groups excluding carboxylic acids is 1. The van der Waals surface area contributed by atoms with Gasteiger partial charge in [0.25, 0.3) is 0 Å². The highest BCUT2D eigenvalue weighted by Crippen LogP contribution is 2.21. The van der Waals surface area contributed by atoms with Crippen LogP contribution in [0.4, 0.5) is 0 Å². The number of para-hydroxylation sites is 1. The fourth-order valence-electron chi connectivity index (χ4n) is 2.33. The number of unbranched alkanes of at least 4 members (excludes halogenated alkanes) is 1. The molecular weight excluding hydrogens is 294 g/mol. The van der Waals surface area contributed by atoms with Gasteiger partial charge in [-0.1, -0.05) is 32.4 Å². The minimum Gasteiger partial charge on any atom is -0.355 e. The number of nitrogens with one attached hydrogen (secondary N) is 1. The molecule has 4 nitrogen and oxygen atoms in total. The molecule has 1 aromatic heterocycles. The zero-order chi connectivity index (χ0) is 15.8. The summed E-state index contributed by atoms with van der Waals surface area (Å²) in [6, 6.07) is 8.15. The highest BCUT2D eigenvalue weighted by molar-refractivity contribution is 7.18. The first-order chi connectivity index (χ1) is 10.7. The predicted octanol–water partition coefficient (Wildman–Crippen LogP) is 3.08. The zero-order valence-electron chi connectivity index (χ0n) is 13.5. The normalized spacial score (nSPS) is 11.2. The summed E-state index contributed by atoms with van der Waals surface area (Å²) in [5.41, 5.74) is 1.05. The van der Waals surface area contributed by atoms with Gasteiger partial charge in [0.1, 0.15) is 0 Å². The van der Waals surface area contributed by atoms with Gasteiger partial charge in [-0.2, -0.15) is 0 Å². The predicted molar refractivity (Wildman–Crippen MR) is 93.4 cm³/mol. The summed E-state index contributed by atoms with van der Waals surface area (Å²) in [6.45, 7) is 7.35. The Kier molecular flexibility index (Phi) is 6.80. The second-order valence-electron chi connectivity index (χ2n) is 5.40. The van der Waals surface area contributed by atoms with E-state index in [1.54, 1.807) is 11.3 Å². The number of amides is 1. The van der Waals surface area contributed by atoms with Crippen molar-refractivity contribution in [3.8, 4) is 0 Å². The summed E-state index contributed by atoms with van der Waals surface area (Å²) in [5.74, 6) is 0.110. The number of hydrogen-bond donors (Lipinski definition) is 1. The van der Waals surface area contributed by atoms with Gasteiger partial charge in [-0.3, -0.25) is 9.69 Å². The first kappa shape index (κ1) is 16.9. The second-order valence-corrected chi connectivity index (χ2v) is 6.51. The first-order valence-corrected chi connectivity index (χ1v) is 8.88. The number of rotatable bonds is 9. The van der Waals surface area contributed by atoms with Crippen molar-refractivity contribution in [2.24, 2.45) is 0 Å². The van der Waals surface area contributed by atoms with Crippen molar-refractivity contribution >= 4 is 27.5 Å². The van der Waals surface area contributed by atoms with Crippen LogP contribution < -0.4 is 5.32 Å². The van der Waals surface area contributed by atoms with Gasteiger partial charge in [0.15, 0.2) is 0 Å². The quantitative estimate of drug-likeness (QED) is 0.772. The Morgan fingerprint density at radius 2 is 2.14 bits per heavy atom. The largest absolute Gasteiger partial charge is 0.355 e. The van der Waals surface area contributed by atoms with E-state index in [1.807, 2.05) is 18.2 Å². The van der Waals surface area contributed by atoms with Gasteiger partial charge in [0.2, 0.25) is 5.91 Å². The molecule has 0 aliphatic rings. The molecule has 0 atom stereocenters. The molecule has 2 rings (SSSR count). The van der Waals surface area contributed by atoms with Crippen molar-refractivity contribution in [1.29, 1.82) is 0 Å². The van der Waals surface area contributed by atoms with Crippen LogP contribution in [0.1, 0.15) is 31.7 Å². The van der Waals surface area contributed by atoms with Crippen LogP contribution in [0.2, 0.25) is 0 Å². The SMILES string of the molecule is CCCCN(CC)CC(=O)NCCc1nc2ccccc2s1. The molecule has 2 aromatic rings. The van der Waals surface area contributed by atoms with E-state index in [0.717, 1.165) is 42.9 Å². The number of thiazole rings is 1. The van der Waals surface area contributed by atoms with Crippen LogP contribution in [0.25, 0.3) is 10.2 Å². The lowest BCUT2D eigenvalue weighted by molar-refractivity contribution is -0.122. The number of hydrogen-bond acceptors (Lipinski definition) is 4. The second kappa shape index (κ2) is 8.86. The van der Waals surface area contributed by atoms with E-state index >= 15 is 0 Å². The van der Waals surface area contributed by atoms with Gasteiger partial charge >= 0.3 is 0 Å². The Morgan fingerprint density at radius 1 is 1.32 bits per heavy atom. The lowest BCUT2D eigenvalue weighted by atomic mass is 10.3. The average molecular weight is 319 g/mol. The third kappa shape index (κ3) is 5.07. The van der Waals surface area contributed by atoms with E-state index in [1.165, 1.54) is 4.70 Å². The van der Waals surface area contributed by atoms with Gasteiger partial charge in [-0.05, 0) is 31.6 Å². The molecular formula is C17H25N3OS. The molecule has 0 unspecified atom stereocenters. The Labute approximate surface area is 136 Å². The molecule has 0 spiro atoms. The summed E-state index contributed by atoms with van der Waals surface area (Å²) < 4.78 is 1.21. The number of fused-ring (bicyclic) bond motifs is 1. The Hall–Kier alpha value is -1.46. The molecule has 5 heteroatoms. The molecule has 0 bridgehead atoms. The van der Waals surface area contributed by atoms with Crippen LogP contribution in [0.3, 0.4) is 0 Å². The lowest BCUT2D eigenvalue weighted by Gasteiger charge is -2.19. The van der Waals surface area contributed by atoms with Crippen LogP contribution in [0.15, 0.2) is 24.3 Å². The van der Waals surface area contributed by atoms with Crippen LogP contribution >= 0.6 is 11.3 Å². The molecule has 1 aromatic carbocycles. The first-order valence-electron chi connectivity index (χ1n) is 8.06. The van der Waals surface area contributed by atoms with E-state index in [4.69, 9.17) is 0 Å². The highest BCUT2D eigenvalue weighted by Gasteiger charge is 2.09. The van der Waals surface area contributed by atoms with Crippen LogP contribution in [-0.4, -0.2) is 42.0 Å². The van der Waals surface area contributed by atoms with Crippen molar-refractivity contribution in [1.82, 2.24) is 15.2 Å². The van der Waals surface area contributed by atoms with Crippen molar-refractivity contribution in [3.63, 3.8) is 0 Å². The molecule has 0 radical (unpaired) electrons. The highest BCUT2D eigenvalue weighted by atomic mass is 32.1. The minimum atomic E-state index is 0.110. The van der Waals surface area contributed by atoms with Crippen molar-refractivity contribution in [2.45, 2.75) is 33.1 Å². The van der Waals surface area contributed by atoms with Crippen LogP contribution in [0.5, 0.6) is 0 Å². The number of aromatic nitrogens is 1. The Balaban J connectivity index is 1.74. The third-order valence-electron chi connectivity index (χ3n) is 3.64. The molecule has 1 amide bonds. The zero-order valence-corrected chi connectivity index (χ0v) is 14.3. The minimum absolute atomic E-state index is 0.110. The van der Waals surface area contributed by atoms with Gasteiger partial charge < -0.3 is 5.32 Å². The molecule has 0 fully saturated rings. The van der Waals surface area contributed by atoms with Gasteiger partial charge in [-0.15, -0.1) is 11.3 Å². The van der Waals surface area contributed by atoms with E-state index < -0.39 is 0 Å². The monoisotopic (exact) mass is 319 g/mol. The molecule has 22 heavy (non-hydrogen) atoms. The smallest absolute Gasteiger partial charge is 0.234 e. The van der Waals surface area contributed by atoms with Crippen molar-refractivity contribution in [2.75, 3.05) is 26.2 Å². The van der Waals surface area contributed by atoms with Gasteiger partial charge in [-0.25, -0.2) is 4.98 Å². The number of nitrogens with zero attached hydrogens (tertiary/aromatic N) is 2. The number of likely N-dealkylation sites (N-methyl/N-ethyl adjacent to an activating group) is 1. The maximum atomic E-state index is 12.0.